The minimum Gasteiger partial charge on any atom is -0.311 e. The summed E-state index contributed by atoms with van der Waals surface area (Å²) in [5.41, 5.74) is 0. The molecule has 0 aromatic rings. The van der Waals surface area contributed by atoms with E-state index in [0.717, 1.165) is 23.9 Å². The van der Waals surface area contributed by atoms with Crippen LogP contribution in [0, 0.1) is 11.8 Å². The van der Waals surface area contributed by atoms with Gasteiger partial charge < -0.3 is 5.32 Å². The molecule has 3 rings (SSSR count). The van der Waals surface area contributed by atoms with Crippen molar-refractivity contribution in [1.29, 1.82) is 0 Å². The third kappa shape index (κ3) is 2.22. The van der Waals surface area contributed by atoms with Gasteiger partial charge >= 0.3 is 0 Å². The Morgan fingerprint density at radius 3 is 2.13 bits per heavy atom. The molecule has 0 spiro atoms. The van der Waals surface area contributed by atoms with Crippen molar-refractivity contribution in [2.24, 2.45) is 11.8 Å². The molecule has 3 saturated carbocycles. The first-order valence-electron chi connectivity index (χ1n) is 7.18. The molecule has 1 N–H and O–H groups in total. The molecule has 2 bridgehead atoms. The van der Waals surface area contributed by atoms with Crippen LogP contribution in [0.2, 0.25) is 0 Å². The van der Waals surface area contributed by atoms with Crippen molar-refractivity contribution < 1.29 is 0 Å². The van der Waals surface area contributed by atoms with Crippen LogP contribution in [-0.4, -0.2) is 12.1 Å². The largest absolute Gasteiger partial charge is 0.311 e. The van der Waals surface area contributed by atoms with E-state index in [1.54, 1.807) is 6.42 Å². The fourth-order valence-electron chi connectivity index (χ4n) is 4.20. The monoisotopic (exact) mass is 207 g/mol. The summed E-state index contributed by atoms with van der Waals surface area (Å²) in [7, 11) is 0. The summed E-state index contributed by atoms with van der Waals surface area (Å²) in [6.07, 6.45) is 14.9. The Balaban J connectivity index is 1.51. The lowest BCUT2D eigenvalue weighted by Gasteiger charge is -2.28. The van der Waals surface area contributed by atoms with Gasteiger partial charge in [-0.15, -0.1) is 0 Å². The quantitative estimate of drug-likeness (QED) is 0.684. The summed E-state index contributed by atoms with van der Waals surface area (Å²) >= 11 is 0. The predicted molar refractivity (Wildman–Crippen MR) is 63.9 cm³/mol. The van der Waals surface area contributed by atoms with E-state index >= 15 is 0 Å². The Hall–Kier alpha value is -0.0400. The van der Waals surface area contributed by atoms with Gasteiger partial charge in [0.25, 0.3) is 0 Å². The van der Waals surface area contributed by atoms with E-state index in [2.05, 4.69) is 5.32 Å². The number of hydrogen-bond donors (Lipinski definition) is 1. The third-order valence-electron chi connectivity index (χ3n) is 5.04. The van der Waals surface area contributed by atoms with E-state index < -0.39 is 0 Å². The number of fused-ring (bicyclic) bond motifs is 2. The Morgan fingerprint density at radius 1 is 0.733 bits per heavy atom. The van der Waals surface area contributed by atoms with Crippen LogP contribution in [0.25, 0.3) is 0 Å². The molecule has 0 amide bonds. The fraction of sp³-hybridized carbons (Fsp3) is 1.00. The molecule has 1 heteroatoms. The maximum Gasteiger partial charge on any atom is 0.0101 e. The molecule has 0 aromatic heterocycles. The van der Waals surface area contributed by atoms with E-state index in [9.17, 15) is 0 Å². The second kappa shape index (κ2) is 4.45. The molecular formula is C14H25N. The lowest BCUT2D eigenvalue weighted by atomic mass is 9.94. The zero-order valence-electron chi connectivity index (χ0n) is 9.88. The highest BCUT2D eigenvalue weighted by Gasteiger charge is 2.39. The summed E-state index contributed by atoms with van der Waals surface area (Å²) < 4.78 is 0. The molecule has 3 atom stereocenters. The molecule has 3 fully saturated rings. The van der Waals surface area contributed by atoms with Crippen LogP contribution in [0.1, 0.15) is 64.2 Å². The lowest BCUT2D eigenvalue weighted by molar-refractivity contribution is 0.303. The van der Waals surface area contributed by atoms with Gasteiger partial charge in [0.15, 0.2) is 0 Å². The molecule has 0 unspecified atom stereocenters. The second-order valence-electron chi connectivity index (χ2n) is 6.14. The first-order chi connectivity index (χ1) is 7.42. The molecular weight excluding hydrogens is 182 g/mol. The van der Waals surface area contributed by atoms with Gasteiger partial charge in [-0.2, -0.15) is 0 Å². The van der Waals surface area contributed by atoms with Gasteiger partial charge in [-0.3, -0.25) is 0 Å². The van der Waals surface area contributed by atoms with Gasteiger partial charge in [-0.05, 0) is 43.9 Å². The number of rotatable bonds is 2. The normalized spacial score (nSPS) is 42.0. The highest BCUT2D eigenvalue weighted by atomic mass is 15.0. The topological polar surface area (TPSA) is 12.0 Å². The maximum absolute atomic E-state index is 3.99. The van der Waals surface area contributed by atoms with Crippen molar-refractivity contribution in [3.63, 3.8) is 0 Å². The lowest BCUT2D eigenvalue weighted by Crippen LogP contribution is -2.41. The van der Waals surface area contributed by atoms with Crippen LogP contribution in [0.15, 0.2) is 0 Å². The summed E-state index contributed by atoms with van der Waals surface area (Å²) in [6.45, 7) is 0. The van der Waals surface area contributed by atoms with E-state index in [-0.39, 0.29) is 0 Å². The molecule has 0 aromatic carbocycles. The molecule has 3 aliphatic carbocycles. The number of hydrogen-bond acceptors (Lipinski definition) is 1. The standard InChI is InChI=1S/C14H25N/c1-2-4-6-13(5-3-1)15-14-10-11-7-8-12(14)9-11/h11-15H,1-10H2/t11-,12+,14+/m0/s1. The van der Waals surface area contributed by atoms with Crippen LogP contribution >= 0.6 is 0 Å². The van der Waals surface area contributed by atoms with E-state index in [4.69, 9.17) is 0 Å². The van der Waals surface area contributed by atoms with Crippen LogP contribution in [0.4, 0.5) is 0 Å². The van der Waals surface area contributed by atoms with Crippen LogP contribution in [0.5, 0.6) is 0 Å². The minimum absolute atomic E-state index is 0.872. The summed E-state index contributed by atoms with van der Waals surface area (Å²) in [5.74, 6) is 2.15. The average Bonchev–Trinajstić information content (AvgIpc) is 2.75. The average molecular weight is 207 g/mol. The van der Waals surface area contributed by atoms with Gasteiger partial charge in [0.2, 0.25) is 0 Å². The van der Waals surface area contributed by atoms with Gasteiger partial charge in [-0.25, -0.2) is 0 Å². The van der Waals surface area contributed by atoms with Gasteiger partial charge in [-0.1, -0.05) is 32.1 Å². The molecule has 0 aliphatic heterocycles. The fourth-order valence-corrected chi connectivity index (χ4v) is 4.20. The van der Waals surface area contributed by atoms with Crippen molar-refractivity contribution in [3.05, 3.63) is 0 Å². The predicted octanol–water partition coefficient (Wildman–Crippen LogP) is 3.49. The molecule has 86 valence electrons. The van der Waals surface area contributed by atoms with Crippen molar-refractivity contribution in [3.8, 4) is 0 Å². The molecule has 3 aliphatic rings. The van der Waals surface area contributed by atoms with Crippen molar-refractivity contribution in [2.45, 2.75) is 76.3 Å². The maximum atomic E-state index is 3.99. The molecule has 15 heavy (non-hydrogen) atoms. The van der Waals surface area contributed by atoms with Gasteiger partial charge in [0.1, 0.15) is 0 Å². The molecule has 0 radical (unpaired) electrons. The third-order valence-corrected chi connectivity index (χ3v) is 5.04. The smallest absolute Gasteiger partial charge is 0.0101 e. The zero-order chi connectivity index (χ0) is 10.1. The van der Waals surface area contributed by atoms with Crippen molar-refractivity contribution in [1.82, 2.24) is 5.32 Å². The summed E-state index contributed by atoms with van der Waals surface area (Å²) in [5, 5.41) is 3.99. The Morgan fingerprint density at radius 2 is 1.53 bits per heavy atom. The van der Waals surface area contributed by atoms with Crippen molar-refractivity contribution in [2.75, 3.05) is 0 Å². The van der Waals surface area contributed by atoms with Gasteiger partial charge in [0.05, 0.1) is 0 Å². The highest BCUT2D eigenvalue weighted by Crippen LogP contribution is 2.44. The van der Waals surface area contributed by atoms with Crippen LogP contribution < -0.4 is 5.32 Å². The Kier molecular flexibility index (Phi) is 3.01. The van der Waals surface area contributed by atoms with E-state index in [1.165, 1.54) is 57.8 Å². The Labute approximate surface area is 94.0 Å². The van der Waals surface area contributed by atoms with Crippen molar-refractivity contribution >= 4 is 0 Å². The Bertz CT molecular complexity index is 205. The first-order valence-corrected chi connectivity index (χ1v) is 7.18. The van der Waals surface area contributed by atoms with E-state index in [1.807, 2.05) is 0 Å². The summed E-state index contributed by atoms with van der Waals surface area (Å²) in [4.78, 5) is 0. The molecule has 1 nitrogen and oxygen atoms in total. The minimum atomic E-state index is 0.872. The van der Waals surface area contributed by atoms with Crippen LogP contribution in [0.3, 0.4) is 0 Å². The molecule has 0 heterocycles. The summed E-state index contributed by atoms with van der Waals surface area (Å²) in [6, 6.07) is 1.78. The number of nitrogens with one attached hydrogen (secondary N) is 1. The van der Waals surface area contributed by atoms with E-state index in [0.29, 0.717) is 0 Å². The first kappa shape index (κ1) is 10.1. The second-order valence-corrected chi connectivity index (χ2v) is 6.14. The molecule has 0 saturated heterocycles. The highest BCUT2D eigenvalue weighted by molar-refractivity contribution is 4.95. The SMILES string of the molecule is C1CCCC(N[C@@H]2C[C@H]3CC[C@@H]2C3)CC1. The van der Waals surface area contributed by atoms with Crippen LogP contribution in [-0.2, 0) is 0 Å². The van der Waals surface area contributed by atoms with Gasteiger partial charge in [0, 0.05) is 12.1 Å². The zero-order valence-corrected chi connectivity index (χ0v) is 9.88.